The normalized spacial score (nSPS) is 10.7. The van der Waals surface area contributed by atoms with E-state index in [0.29, 0.717) is 26.9 Å². The minimum absolute atomic E-state index is 0.184. The first-order chi connectivity index (χ1) is 11.0. The Morgan fingerprint density at radius 3 is 2.61 bits per heavy atom. The van der Waals surface area contributed by atoms with Crippen LogP contribution < -0.4 is 5.32 Å². The number of hydrogen-bond donors (Lipinski definition) is 2. The van der Waals surface area contributed by atoms with E-state index in [1.54, 1.807) is 36.4 Å². The number of benzene rings is 2. The van der Waals surface area contributed by atoms with Gasteiger partial charge in [-0.3, -0.25) is 4.98 Å². The number of nitrogens with one attached hydrogen (secondary N) is 1. The number of halogens is 2. The summed E-state index contributed by atoms with van der Waals surface area (Å²) in [5.41, 5.74) is 2.75. The molecule has 0 spiro atoms. The van der Waals surface area contributed by atoms with Crippen LogP contribution in [0.1, 0.15) is 16.1 Å². The third-order valence-electron chi connectivity index (χ3n) is 3.39. The predicted molar refractivity (Wildman–Crippen MR) is 93.2 cm³/mol. The van der Waals surface area contributed by atoms with Crippen molar-refractivity contribution in [1.82, 2.24) is 4.98 Å². The van der Waals surface area contributed by atoms with E-state index >= 15 is 0 Å². The van der Waals surface area contributed by atoms with Gasteiger partial charge in [-0.1, -0.05) is 35.3 Å². The van der Waals surface area contributed by atoms with Crippen LogP contribution in [0.5, 0.6) is 0 Å². The van der Waals surface area contributed by atoms with Crippen LogP contribution in [-0.4, -0.2) is 16.1 Å². The van der Waals surface area contributed by atoms with Crippen molar-refractivity contribution in [3.05, 3.63) is 63.8 Å². The van der Waals surface area contributed by atoms with Crippen molar-refractivity contribution >= 4 is 51.4 Å². The summed E-state index contributed by atoms with van der Waals surface area (Å²) in [5.74, 6) is -1.00. The van der Waals surface area contributed by atoms with E-state index in [-0.39, 0.29) is 5.56 Å². The molecule has 4 nitrogen and oxygen atoms in total. The van der Waals surface area contributed by atoms with Gasteiger partial charge in [-0.05, 0) is 37.3 Å². The molecule has 0 radical (unpaired) electrons. The van der Waals surface area contributed by atoms with Crippen LogP contribution in [0.3, 0.4) is 0 Å². The van der Waals surface area contributed by atoms with Crippen LogP contribution in [0.25, 0.3) is 10.9 Å². The summed E-state index contributed by atoms with van der Waals surface area (Å²) in [4.78, 5) is 15.8. The minimum Gasteiger partial charge on any atom is -0.478 e. The molecule has 0 aliphatic carbocycles. The number of carboxylic acid groups (broad SMARTS) is 1. The Hall–Kier alpha value is -2.30. The fraction of sp³-hybridized carbons (Fsp3) is 0.0588. The number of carbonyl (C=O) groups is 1. The number of aryl methyl sites for hydroxylation is 1. The highest BCUT2D eigenvalue weighted by Gasteiger charge is 2.13. The number of rotatable bonds is 3. The number of para-hydroxylation sites is 1. The van der Waals surface area contributed by atoms with Gasteiger partial charge < -0.3 is 10.4 Å². The third-order valence-corrected chi connectivity index (χ3v) is 3.89. The third kappa shape index (κ3) is 3.09. The van der Waals surface area contributed by atoms with E-state index in [0.717, 1.165) is 11.1 Å². The summed E-state index contributed by atoms with van der Waals surface area (Å²) in [6.45, 7) is 1.85. The number of anilines is 2. The van der Waals surface area contributed by atoms with Crippen LogP contribution in [0, 0.1) is 6.92 Å². The minimum atomic E-state index is -1.00. The molecule has 23 heavy (non-hydrogen) atoms. The second-order valence-electron chi connectivity index (χ2n) is 5.07. The molecule has 0 saturated carbocycles. The lowest BCUT2D eigenvalue weighted by Crippen LogP contribution is -2.03. The monoisotopic (exact) mass is 346 g/mol. The summed E-state index contributed by atoms with van der Waals surface area (Å²) in [6, 6.07) is 11.9. The molecule has 116 valence electrons. The molecule has 0 saturated heterocycles. The number of carboxylic acids is 1. The Morgan fingerprint density at radius 1 is 1.13 bits per heavy atom. The molecule has 3 aromatic rings. The van der Waals surface area contributed by atoms with Crippen LogP contribution in [0.2, 0.25) is 10.0 Å². The zero-order chi connectivity index (χ0) is 16.6. The maximum absolute atomic E-state index is 11.4. The zero-order valence-corrected chi connectivity index (χ0v) is 13.6. The van der Waals surface area contributed by atoms with Gasteiger partial charge in [0.2, 0.25) is 0 Å². The Bertz CT molecular complexity index is 926. The largest absolute Gasteiger partial charge is 0.478 e. The molecule has 1 aromatic heterocycles. The molecule has 0 aliphatic rings. The van der Waals surface area contributed by atoms with E-state index < -0.39 is 5.97 Å². The van der Waals surface area contributed by atoms with Crippen molar-refractivity contribution in [1.29, 1.82) is 0 Å². The average Bonchev–Trinajstić information content (AvgIpc) is 2.49. The van der Waals surface area contributed by atoms with Crippen molar-refractivity contribution in [3.63, 3.8) is 0 Å². The van der Waals surface area contributed by atoms with Crippen LogP contribution in [-0.2, 0) is 0 Å². The Kier molecular flexibility index (Phi) is 4.11. The fourth-order valence-electron chi connectivity index (χ4n) is 2.41. The first-order valence-electron chi connectivity index (χ1n) is 6.81. The second kappa shape index (κ2) is 6.07. The van der Waals surface area contributed by atoms with Gasteiger partial charge in [-0.15, -0.1) is 0 Å². The van der Waals surface area contributed by atoms with Gasteiger partial charge in [0.25, 0.3) is 0 Å². The van der Waals surface area contributed by atoms with Crippen molar-refractivity contribution < 1.29 is 9.90 Å². The van der Waals surface area contributed by atoms with Gasteiger partial charge in [0.1, 0.15) is 0 Å². The molecule has 2 aromatic carbocycles. The van der Waals surface area contributed by atoms with Gasteiger partial charge in [0.15, 0.2) is 0 Å². The zero-order valence-electron chi connectivity index (χ0n) is 12.1. The van der Waals surface area contributed by atoms with Gasteiger partial charge in [-0.2, -0.15) is 0 Å². The summed E-state index contributed by atoms with van der Waals surface area (Å²) in [6.07, 6.45) is 0. The molecular formula is C17H12Cl2N2O2. The molecule has 3 rings (SSSR count). The highest BCUT2D eigenvalue weighted by atomic mass is 35.5. The summed E-state index contributed by atoms with van der Waals surface area (Å²) in [7, 11) is 0. The SMILES string of the molecule is Cc1cc(Nc2ccccc2C(=O)O)c2cc(Cl)cc(Cl)c2n1. The van der Waals surface area contributed by atoms with Gasteiger partial charge >= 0.3 is 5.97 Å². The molecule has 1 heterocycles. The van der Waals surface area contributed by atoms with Gasteiger partial charge in [0.05, 0.1) is 21.8 Å². The highest BCUT2D eigenvalue weighted by Crippen LogP contribution is 2.34. The van der Waals surface area contributed by atoms with E-state index in [2.05, 4.69) is 10.3 Å². The summed E-state index contributed by atoms with van der Waals surface area (Å²) in [5, 5.41) is 14.1. The predicted octanol–water partition coefficient (Wildman–Crippen LogP) is 5.29. The van der Waals surface area contributed by atoms with Crippen LogP contribution in [0.4, 0.5) is 11.4 Å². The molecule has 0 fully saturated rings. The maximum atomic E-state index is 11.4. The van der Waals surface area contributed by atoms with E-state index in [1.165, 1.54) is 0 Å². The molecular weight excluding hydrogens is 335 g/mol. The Balaban J connectivity index is 2.19. The number of aromatic nitrogens is 1. The van der Waals surface area contributed by atoms with Crippen molar-refractivity contribution in [2.24, 2.45) is 0 Å². The Morgan fingerprint density at radius 2 is 1.87 bits per heavy atom. The van der Waals surface area contributed by atoms with Gasteiger partial charge in [-0.25, -0.2) is 4.79 Å². The number of aromatic carboxylic acids is 1. The number of hydrogen-bond acceptors (Lipinski definition) is 3. The van der Waals surface area contributed by atoms with Crippen molar-refractivity contribution in [2.45, 2.75) is 6.92 Å². The quantitative estimate of drug-likeness (QED) is 0.676. The molecule has 0 atom stereocenters. The van der Waals surface area contributed by atoms with E-state index in [9.17, 15) is 9.90 Å². The van der Waals surface area contributed by atoms with Gasteiger partial charge in [0, 0.05) is 21.8 Å². The van der Waals surface area contributed by atoms with Crippen molar-refractivity contribution in [2.75, 3.05) is 5.32 Å². The van der Waals surface area contributed by atoms with Crippen LogP contribution >= 0.6 is 23.2 Å². The molecule has 0 bridgehead atoms. The lowest BCUT2D eigenvalue weighted by atomic mass is 10.1. The summed E-state index contributed by atoms with van der Waals surface area (Å²) >= 11 is 12.3. The number of nitrogens with zero attached hydrogens (tertiary/aromatic N) is 1. The van der Waals surface area contributed by atoms with Crippen LogP contribution in [0.15, 0.2) is 42.5 Å². The highest BCUT2D eigenvalue weighted by molar-refractivity contribution is 6.38. The maximum Gasteiger partial charge on any atom is 0.337 e. The first kappa shape index (κ1) is 15.6. The number of pyridine rings is 1. The standard InChI is InChI=1S/C17H12Cl2N2O2/c1-9-6-15(12-7-10(18)8-13(19)16(12)20-9)21-14-5-3-2-4-11(14)17(22)23/h2-8H,1H3,(H,20,21)(H,22,23). The Labute approximate surface area is 142 Å². The average molecular weight is 347 g/mol. The number of fused-ring (bicyclic) bond motifs is 1. The lowest BCUT2D eigenvalue weighted by molar-refractivity contribution is 0.0698. The first-order valence-corrected chi connectivity index (χ1v) is 7.57. The topological polar surface area (TPSA) is 62.2 Å². The lowest BCUT2D eigenvalue weighted by Gasteiger charge is -2.13. The molecule has 0 amide bonds. The van der Waals surface area contributed by atoms with Crippen molar-refractivity contribution in [3.8, 4) is 0 Å². The second-order valence-corrected chi connectivity index (χ2v) is 5.91. The fourth-order valence-corrected chi connectivity index (χ4v) is 2.94. The van der Waals surface area contributed by atoms with E-state index in [4.69, 9.17) is 23.2 Å². The molecule has 6 heteroatoms. The smallest absolute Gasteiger partial charge is 0.337 e. The summed E-state index contributed by atoms with van der Waals surface area (Å²) < 4.78 is 0. The molecule has 2 N–H and O–H groups in total. The molecule has 0 unspecified atom stereocenters. The molecule has 0 aliphatic heterocycles. The van der Waals surface area contributed by atoms with E-state index in [1.807, 2.05) is 13.0 Å².